The van der Waals surface area contributed by atoms with Crippen LogP contribution in [0, 0.1) is 0 Å². The van der Waals surface area contributed by atoms with Crippen molar-refractivity contribution in [2.45, 2.75) is 6.92 Å². The summed E-state index contributed by atoms with van der Waals surface area (Å²) in [5.74, 6) is 0.617. The van der Waals surface area contributed by atoms with Crippen molar-refractivity contribution in [3.63, 3.8) is 0 Å². The quantitative estimate of drug-likeness (QED) is 0.544. The van der Waals surface area contributed by atoms with Crippen LogP contribution in [-0.4, -0.2) is 21.2 Å². The zero-order valence-electron chi connectivity index (χ0n) is 13.1. The minimum Gasteiger partial charge on any atom is -0.491 e. The number of hydrogen-bond donors (Lipinski definition) is 0. The lowest BCUT2D eigenvalue weighted by molar-refractivity contribution is 0.340. The van der Waals surface area contributed by atoms with Crippen molar-refractivity contribution >= 4 is 16.6 Å². The molecule has 0 aliphatic heterocycles. The van der Waals surface area contributed by atoms with Gasteiger partial charge in [0.15, 0.2) is 11.4 Å². The Morgan fingerprint density at radius 2 is 1.79 bits per heavy atom. The number of benzene rings is 2. The van der Waals surface area contributed by atoms with E-state index in [1.54, 1.807) is 12.1 Å². The highest BCUT2D eigenvalue weighted by Gasteiger charge is 2.14. The van der Waals surface area contributed by atoms with Gasteiger partial charge in [0.25, 0.3) is 5.56 Å². The van der Waals surface area contributed by atoms with Gasteiger partial charge >= 0.3 is 0 Å². The number of para-hydroxylation sites is 1. The van der Waals surface area contributed by atoms with Crippen LogP contribution in [0.5, 0.6) is 5.75 Å². The molecule has 4 aromatic rings. The molecule has 118 valence electrons. The fourth-order valence-electron chi connectivity index (χ4n) is 2.73. The van der Waals surface area contributed by atoms with Crippen LogP contribution >= 0.6 is 0 Å². The number of rotatable bonds is 3. The topological polar surface area (TPSA) is 56.5 Å². The van der Waals surface area contributed by atoms with E-state index in [0.29, 0.717) is 34.6 Å². The molecule has 0 atom stereocenters. The Bertz CT molecular complexity index is 1090. The van der Waals surface area contributed by atoms with Crippen LogP contribution in [0.4, 0.5) is 0 Å². The molecule has 2 aromatic carbocycles. The molecule has 0 saturated heterocycles. The predicted octanol–water partition coefficient (Wildman–Crippen LogP) is 3.31. The van der Waals surface area contributed by atoms with Crippen LogP contribution in [0.3, 0.4) is 0 Å². The molecule has 24 heavy (non-hydrogen) atoms. The normalized spacial score (nSPS) is 11.0. The molecule has 0 radical (unpaired) electrons. The second kappa shape index (κ2) is 5.77. The minimum atomic E-state index is -0.184. The molecule has 0 N–H and O–H groups in total. The van der Waals surface area contributed by atoms with Crippen molar-refractivity contribution in [2.75, 3.05) is 6.61 Å². The van der Waals surface area contributed by atoms with E-state index in [1.165, 1.54) is 4.52 Å². The largest absolute Gasteiger partial charge is 0.491 e. The third kappa shape index (κ3) is 2.31. The smallest absolute Gasteiger partial charge is 0.282 e. The molecule has 5 nitrogen and oxygen atoms in total. The summed E-state index contributed by atoms with van der Waals surface area (Å²) in [6, 6.07) is 18.7. The summed E-state index contributed by atoms with van der Waals surface area (Å²) in [6.07, 6.45) is 0. The molecule has 0 unspecified atom stereocenters. The SMILES string of the molecule is CCOc1cc2nc3ccccc3c(=O)n2nc1-c1ccccc1. The first-order valence-electron chi connectivity index (χ1n) is 7.79. The van der Waals surface area contributed by atoms with Crippen LogP contribution in [0.1, 0.15) is 6.92 Å². The van der Waals surface area contributed by atoms with Gasteiger partial charge in [-0.2, -0.15) is 9.61 Å². The fraction of sp³-hybridized carbons (Fsp3) is 0.105. The Morgan fingerprint density at radius 1 is 1.04 bits per heavy atom. The van der Waals surface area contributed by atoms with Crippen LogP contribution in [-0.2, 0) is 0 Å². The van der Waals surface area contributed by atoms with E-state index in [9.17, 15) is 4.79 Å². The maximum atomic E-state index is 12.8. The first-order chi connectivity index (χ1) is 11.8. The van der Waals surface area contributed by atoms with E-state index in [4.69, 9.17) is 4.74 Å². The molecule has 0 amide bonds. The maximum Gasteiger partial charge on any atom is 0.282 e. The number of hydrogen-bond acceptors (Lipinski definition) is 4. The van der Waals surface area contributed by atoms with Gasteiger partial charge in [-0.05, 0) is 19.1 Å². The Kier molecular flexibility index (Phi) is 3.46. The Morgan fingerprint density at radius 3 is 2.58 bits per heavy atom. The molecule has 0 saturated carbocycles. The average molecular weight is 317 g/mol. The van der Waals surface area contributed by atoms with Crippen molar-refractivity contribution in [3.05, 3.63) is 71.0 Å². The van der Waals surface area contributed by atoms with Gasteiger partial charge in [-0.25, -0.2) is 4.98 Å². The average Bonchev–Trinajstić information content (AvgIpc) is 2.63. The molecule has 0 bridgehead atoms. The third-order valence-electron chi connectivity index (χ3n) is 3.82. The Hall–Kier alpha value is -3.21. The van der Waals surface area contributed by atoms with Crippen molar-refractivity contribution in [1.29, 1.82) is 0 Å². The molecule has 2 aromatic heterocycles. The standard InChI is InChI=1S/C19H15N3O2/c1-2-24-16-12-17-20-15-11-7-6-10-14(15)19(23)22(17)21-18(16)13-8-4-3-5-9-13/h3-12H,2H2,1H3. The Balaban J connectivity index is 2.08. The second-order valence-corrected chi connectivity index (χ2v) is 5.36. The summed E-state index contributed by atoms with van der Waals surface area (Å²) in [6.45, 7) is 2.43. The molecular weight excluding hydrogens is 302 g/mol. The zero-order valence-corrected chi connectivity index (χ0v) is 13.1. The van der Waals surface area contributed by atoms with Crippen LogP contribution < -0.4 is 10.3 Å². The maximum absolute atomic E-state index is 12.8. The van der Waals surface area contributed by atoms with Crippen molar-refractivity contribution in [3.8, 4) is 17.0 Å². The molecule has 0 fully saturated rings. The zero-order chi connectivity index (χ0) is 16.5. The summed E-state index contributed by atoms with van der Waals surface area (Å²) in [7, 11) is 0. The molecular formula is C19H15N3O2. The highest BCUT2D eigenvalue weighted by atomic mass is 16.5. The van der Waals surface area contributed by atoms with Gasteiger partial charge in [-0.15, -0.1) is 0 Å². The number of aromatic nitrogens is 3. The Labute approximate surface area is 138 Å². The van der Waals surface area contributed by atoms with Gasteiger partial charge in [0.2, 0.25) is 0 Å². The van der Waals surface area contributed by atoms with Crippen LogP contribution in [0.25, 0.3) is 27.8 Å². The third-order valence-corrected chi connectivity index (χ3v) is 3.82. The van der Waals surface area contributed by atoms with E-state index >= 15 is 0 Å². The van der Waals surface area contributed by atoms with E-state index < -0.39 is 0 Å². The molecule has 0 aliphatic rings. The van der Waals surface area contributed by atoms with Crippen molar-refractivity contribution < 1.29 is 4.74 Å². The van der Waals surface area contributed by atoms with Crippen molar-refractivity contribution in [1.82, 2.24) is 14.6 Å². The van der Waals surface area contributed by atoms with Crippen LogP contribution in [0.15, 0.2) is 65.5 Å². The van der Waals surface area contributed by atoms with Crippen LogP contribution in [0.2, 0.25) is 0 Å². The van der Waals surface area contributed by atoms with E-state index in [-0.39, 0.29) is 5.56 Å². The number of ether oxygens (including phenoxy) is 1. The van der Waals surface area contributed by atoms with E-state index in [0.717, 1.165) is 5.56 Å². The monoisotopic (exact) mass is 317 g/mol. The lowest BCUT2D eigenvalue weighted by atomic mass is 10.1. The summed E-state index contributed by atoms with van der Waals surface area (Å²) >= 11 is 0. The molecule has 5 heteroatoms. The van der Waals surface area contributed by atoms with Crippen molar-refractivity contribution in [2.24, 2.45) is 0 Å². The van der Waals surface area contributed by atoms with Gasteiger partial charge in [0, 0.05) is 11.6 Å². The van der Waals surface area contributed by atoms with Gasteiger partial charge in [-0.1, -0.05) is 42.5 Å². The highest BCUT2D eigenvalue weighted by molar-refractivity contribution is 5.80. The lowest BCUT2D eigenvalue weighted by Crippen LogP contribution is -2.19. The number of fused-ring (bicyclic) bond motifs is 2. The second-order valence-electron chi connectivity index (χ2n) is 5.36. The van der Waals surface area contributed by atoms with Gasteiger partial charge < -0.3 is 4.74 Å². The van der Waals surface area contributed by atoms with E-state index in [1.807, 2.05) is 55.5 Å². The molecule has 4 rings (SSSR count). The predicted molar refractivity (Wildman–Crippen MR) is 93.4 cm³/mol. The van der Waals surface area contributed by atoms with Gasteiger partial charge in [0.1, 0.15) is 5.69 Å². The summed E-state index contributed by atoms with van der Waals surface area (Å²) in [5, 5.41) is 5.08. The molecule has 2 heterocycles. The molecule has 0 aliphatic carbocycles. The molecule has 0 spiro atoms. The summed E-state index contributed by atoms with van der Waals surface area (Å²) in [5.41, 5.74) is 2.46. The van der Waals surface area contributed by atoms with Gasteiger partial charge in [-0.3, -0.25) is 4.79 Å². The highest BCUT2D eigenvalue weighted by Crippen LogP contribution is 2.28. The summed E-state index contributed by atoms with van der Waals surface area (Å²) < 4.78 is 7.07. The first-order valence-corrected chi connectivity index (χ1v) is 7.79. The number of nitrogens with zero attached hydrogens (tertiary/aromatic N) is 3. The van der Waals surface area contributed by atoms with Gasteiger partial charge in [0.05, 0.1) is 17.5 Å². The summed E-state index contributed by atoms with van der Waals surface area (Å²) in [4.78, 5) is 17.3. The van der Waals surface area contributed by atoms with E-state index in [2.05, 4.69) is 10.1 Å². The lowest BCUT2D eigenvalue weighted by Gasteiger charge is -2.11. The first kappa shape index (κ1) is 14.4. The fourth-order valence-corrected chi connectivity index (χ4v) is 2.73. The minimum absolute atomic E-state index is 0.184.